The number of nitrogens with zero attached hydrogens (tertiary/aromatic N) is 2. The highest BCUT2D eigenvalue weighted by atomic mass is 79.9. The molecule has 0 aliphatic rings. The Bertz CT molecular complexity index is 119. The summed E-state index contributed by atoms with van der Waals surface area (Å²) in [6, 6.07) is 2.20. The molecule has 0 aromatic heterocycles. The third kappa shape index (κ3) is 4.78. The summed E-state index contributed by atoms with van der Waals surface area (Å²) in [5.74, 6) is 0.143. The van der Waals surface area contributed by atoms with Crippen molar-refractivity contribution in [3.63, 3.8) is 0 Å². The lowest BCUT2D eigenvalue weighted by atomic mass is 10.2. The van der Waals surface area contributed by atoms with Gasteiger partial charge in [-0.15, -0.1) is 0 Å². The van der Waals surface area contributed by atoms with Crippen LogP contribution in [0, 0.1) is 17.2 Å². The van der Waals surface area contributed by atoms with Crippen molar-refractivity contribution < 1.29 is 0 Å². The largest absolute Gasteiger partial charge is 0.304 e. The van der Waals surface area contributed by atoms with E-state index in [1.165, 1.54) is 0 Å². The monoisotopic (exact) mass is 204 g/mol. The number of halogens is 1. The highest BCUT2D eigenvalue weighted by molar-refractivity contribution is 9.09. The first-order valence-corrected chi connectivity index (χ1v) is 4.47. The van der Waals surface area contributed by atoms with Crippen LogP contribution >= 0.6 is 15.9 Å². The van der Waals surface area contributed by atoms with Crippen molar-refractivity contribution in [2.24, 2.45) is 5.92 Å². The van der Waals surface area contributed by atoms with Crippen LogP contribution in [-0.2, 0) is 0 Å². The van der Waals surface area contributed by atoms with Gasteiger partial charge < -0.3 is 4.90 Å². The first-order valence-electron chi connectivity index (χ1n) is 3.34. The molecule has 0 heterocycles. The summed E-state index contributed by atoms with van der Waals surface area (Å²) in [6.45, 7) is 3.80. The second-order valence-corrected chi connectivity index (χ2v) is 3.27. The van der Waals surface area contributed by atoms with Crippen LogP contribution in [0.5, 0.6) is 0 Å². The Balaban J connectivity index is 3.39. The predicted octanol–water partition coefficient (Wildman–Crippen LogP) is 1.47. The van der Waals surface area contributed by atoms with E-state index < -0.39 is 0 Å². The van der Waals surface area contributed by atoms with Gasteiger partial charge in [0.15, 0.2) is 0 Å². The Morgan fingerprint density at radius 1 is 1.70 bits per heavy atom. The smallest absolute Gasteiger partial charge is 0.0666 e. The molecular formula is C7H13BrN2. The molecular weight excluding hydrogens is 192 g/mol. The molecule has 58 valence electrons. The van der Waals surface area contributed by atoms with Gasteiger partial charge in [-0.3, -0.25) is 0 Å². The van der Waals surface area contributed by atoms with Crippen molar-refractivity contribution in [3.8, 4) is 6.07 Å². The molecule has 0 spiro atoms. The van der Waals surface area contributed by atoms with Crippen molar-refractivity contribution in [1.82, 2.24) is 4.90 Å². The van der Waals surface area contributed by atoms with Crippen LogP contribution in [0.3, 0.4) is 0 Å². The Labute approximate surface area is 70.9 Å². The van der Waals surface area contributed by atoms with Crippen LogP contribution in [0.1, 0.15) is 6.92 Å². The fourth-order valence-electron chi connectivity index (χ4n) is 0.744. The molecule has 0 bridgehead atoms. The minimum atomic E-state index is 0.143. The van der Waals surface area contributed by atoms with Crippen LogP contribution in [-0.4, -0.2) is 30.4 Å². The molecule has 0 amide bonds. The Morgan fingerprint density at radius 3 is 2.70 bits per heavy atom. The SMILES string of the molecule is CC(C#N)CN(C)CCBr. The van der Waals surface area contributed by atoms with Gasteiger partial charge in [0.05, 0.1) is 12.0 Å². The van der Waals surface area contributed by atoms with Gasteiger partial charge in [-0.25, -0.2) is 0 Å². The Kier molecular flexibility index (Phi) is 5.66. The van der Waals surface area contributed by atoms with Gasteiger partial charge in [0.1, 0.15) is 0 Å². The van der Waals surface area contributed by atoms with Crippen molar-refractivity contribution in [1.29, 1.82) is 5.26 Å². The molecule has 0 aliphatic heterocycles. The average Bonchev–Trinajstić information content (AvgIpc) is 1.88. The normalized spacial score (nSPS) is 13.1. The van der Waals surface area contributed by atoms with Crippen molar-refractivity contribution in [2.45, 2.75) is 6.92 Å². The quantitative estimate of drug-likeness (QED) is 0.650. The third-order valence-corrected chi connectivity index (χ3v) is 1.63. The summed E-state index contributed by atoms with van der Waals surface area (Å²) in [4.78, 5) is 2.14. The van der Waals surface area contributed by atoms with Crippen LogP contribution < -0.4 is 0 Å². The van der Waals surface area contributed by atoms with E-state index in [0.29, 0.717) is 0 Å². The molecule has 0 saturated carbocycles. The summed E-state index contributed by atoms with van der Waals surface area (Å²) in [5.41, 5.74) is 0. The summed E-state index contributed by atoms with van der Waals surface area (Å²) in [6.07, 6.45) is 0. The molecule has 3 heteroatoms. The number of hydrogen-bond acceptors (Lipinski definition) is 2. The zero-order valence-corrected chi connectivity index (χ0v) is 8.06. The van der Waals surface area contributed by atoms with Crippen molar-refractivity contribution >= 4 is 15.9 Å². The number of nitriles is 1. The van der Waals surface area contributed by atoms with E-state index in [1.807, 2.05) is 14.0 Å². The fourth-order valence-corrected chi connectivity index (χ4v) is 1.35. The van der Waals surface area contributed by atoms with Gasteiger partial charge in [-0.05, 0) is 14.0 Å². The minimum Gasteiger partial charge on any atom is -0.304 e. The molecule has 0 saturated heterocycles. The van der Waals surface area contributed by atoms with Gasteiger partial charge in [0.2, 0.25) is 0 Å². The van der Waals surface area contributed by atoms with Gasteiger partial charge >= 0.3 is 0 Å². The maximum Gasteiger partial charge on any atom is 0.0666 e. The predicted molar refractivity (Wildman–Crippen MR) is 46.1 cm³/mol. The lowest BCUT2D eigenvalue weighted by Crippen LogP contribution is -2.25. The Morgan fingerprint density at radius 2 is 2.30 bits per heavy atom. The second kappa shape index (κ2) is 5.70. The number of alkyl halides is 1. The molecule has 1 atom stereocenters. The van der Waals surface area contributed by atoms with E-state index in [2.05, 4.69) is 26.9 Å². The van der Waals surface area contributed by atoms with E-state index in [1.54, 1.807) is 0 Å². The second-order valence-electron chi connectivity index (χ2n) is 2.48. The molecule has 0 aliphatic carbocycles. The average molecular weight is 205 g/mol. The highest BCUT2D eigenvalue weighted by Crippen LogP contribution is 1.95. The molecule has 0 aromatic rings. The van der Waals surface area contributed by atoms with E-state index in [9.17, 15) is 0 Å². The Hall–Kier alpha value is -0.0700. The molecule has 1 unspecified atom stereocenters. The number of hydrogen-bond donors (Lipinski definition) is 0. The first kappa shape index (κ1) is 9.93. The van der Waals surface area contributed by atoms with E-state index in [0.717, 1.165) is 18.4 Å². The highest BCUT2D eigenvalue weighted by Gasteiger charge is 2.02. The number of rotatable bonds is 4. The molecule has 0 fully saturated rings. The van der Waals surface area contributed by atoms with Crippen LogP contribution in [0.4, 0.5) is 0 Å². The van der Waals surface area contributed by atoms with E-state index >= 15 is 0 Å². The lowest BCUT2D eigenvalue weighted by Gasteiger charge is -2.15. The van der Waals surface area contributed by atoms with Crippen molar-refractivity contribution in [2.75, 3.05) is 25.5 Å². The topological polar surface area (TPSA) is 27.0 Å². The molecule has 0 N–H and O–H groups in total. The maximum absolute atomic E-state index is 8.46. The summed E-state index contributed by atoms with van der Waals surface area (Å²) in [7, 11) is 2.02. The third-order valence-electron chi connectivity index (χ3n) is 1.27. The zero-order valence-electron chi connectivity index (χ0n) is 6.47. The summed E-state index contributed by atoms with van der Waals surface area (Å²) in [5, 5.41) is 9.44. The van der Waals surface area contributed by atoms with Gasteiger partial charge in [0, 0.05) is 18.4 Å². The van der Waals surface area contributed by atoms with E-state index in [-0.39, 0.29) is 5.92 Å². The lowest BCUT2D eigenvalue weighted by molar-refractivity contribution is 0.330. The fraction of sp³-hybridized carbons (Fsp3) is 0.857. The molecule has 2 nitrogen and oxygen atoms in total. The van der Waals surface area contributed by atoms with Gasteiger partial charge in [-0.2, -0.15) is 5.26 Å². The summed E-state index contributed by atoms with van der Waals surface area (Å²) >= 11 is 3.34. The van der Waals surface area contributed by atoms with Crippen LogP contribution in [0.25, 0.3) is 0 Å². The van der Waals surface area contributed by atoms with Gasteiger partial charge in [-0.1, -0.05) is 15.9 Å². The molecule has 0 rings (SSSR count). The van der Waals surface area contributed by atoms with E-state index in [4.69, 9.17) is 5.26 Å². The molecule has 0 aromatic carbocycles. The molecule has 0 radical (unpaired) electrons. The standard InChI is InChI=1S/C7H13BrN2/c1-7(5-9)6-10(2)4-3-8/h7H,3-4,6H2,1-2H3. The van der Waals surface area contributed by atoms with Gasteiger partial charge in [0.25, 0.3) is 0 Å². The zero-order chi connectivity index (χ0) is 7.98. The first-order chi connectivity index (χ1) is 4.70. The van der Waals surface area contributed by atoms with Crippen LogP contribution in [0.15, 0.2) is 0 Å². The van der Waals surface area contributed by atoms with Crippen LogP contribution in [0.2, 0.25) is 0 Å². The van der Waals surface area contributed by atoms with Crippen molar-refractivity contribution in [3.05, 3.63) is 0 Å². The maximum atomic E-state index is 8.46. The summed E-state index contributed by atoms with van der Waals surface area (Å²) < 4.78 is 0. The minimum absolute atomic E-state index is 0.143. The molecule has 10 heavy (non-hydrogen) atoms.